The van der Waals surface area contributed by atoms with Crippen LogP contribution in [0.3, 0.4) is 0 Å². The van der Waals surface area contributed by atoms with Gasteiger partial charge in [-0.2, -0.15) is 0 Å². The zero-order valence-corrected chi connectivity index (χ0v) is 14.8. The van der Waals surface area contributed by atoms with Gasteiger partial charge in [-0.15, -0.1) is 0 Å². The van der Waals surface area contributed by atoms with Gasteiger partial charge < -0.3 is 0 Å². The zero-order chi connectivity index (χ0) is 23.1. The molecule has 0 saturated heterocycles. The van der Waals surface area contributed by atoms with E-state index in [1.165, 1.54) is 6.07 Å². The Morgan fingerprint density at radius 3 is 2.50 bits per heavy atom. The fourth-order valence-corrected chi connectivity index (χ4v) is 3.72. The fraction of sp³-hybridized carbons (Fsp3) is 0.125. The smallest absolute Gasteiger partial charge is 0.145 e. The minimum absolute atomic E-state index is 0.0426. The molecule has 0 fully saturated rings. The molecule has 5 aromatic rings. The predicted molar refractivity (Wildman–Crippen MR) is 110 cm³/mol. The fourth-order valence-electron chi connectivity index (χ4n) is 3.72. The van der Waals surface area contributed by atoms with Gasteiger partial charge in [-0.25, -0.2) is 4.98 Å². The number of aromatic nitrogens is 2. The molecule has 3 aromatic carbocycles. The normalized spacial score (nSPS) is 14.9. The molecule has 2 heteroatoms. The number of nitrogens with zero attached hydrogens (tertiary/aromatic N) is 2. The van der Waals surface area contributed by atoms with E-state index in [4.69, 9.17) is 8.22 Å². The van der Waals surface area contributed by atoms with Crippen LogP contribution in [0.2, 0.25) is 0 Å². The Labute approximate surface area is 161 Å². The number of benzene rings is 3. The molecule has 0 atom stereocenters. The molecule has 0 bridgehead atoms. The van der Waals surface area contributed by atoms with E-state index in [9.17, 15) is 0 Å². The third-order valence-corrected chi connectivity index (χ3v) is 4.88. The topological polar surface area (TPSA) is 17.3 Å². The molecule has 0 unspecified atom stereocenters. The molecule has 2 heterocycles. The molecule has 0 spiro atoms. The molecule has 126 valence electrons. The molecular formula is C24H20N2. The van der Waals surface area contributed by atoms with Crippen molar-refractivity contribution in [3.8, 4) is 11.3 Å². The highest BCUT2D eigenvalue weighted by molar-refractivity contribution is 6.12. The molecule has 0 aliphatic heterocycles. The van der Waals surface area contributed by atoms with Crippen molar-refractivity contribution in [2.24, 2.45) is 0 Å². The van der Waals surface area contributed by atoms with Crippen molar-refractivity contribution in [1.29, 1.82) is 0 Å². The van der Waals surface area contributed by atoms with Crippen molar-refractivity contribution in [2.75, 3.05) is 0 Å². The Bertz CT molecular complexity index is 1600. The monoisotopic (exact) mass is 342 g/mol. The summed E-state index contributed by atoms with van der Waals surface area (Å²) in [6, 6.07) is 6.96. The SMILES string of the molecule is [2H]c1cc2c(c([2H])c1[2H])c1c([2H])c(C)c([2H])c([2H])c1n1c(-c3c(C)cccc3C)cnc21. The maximum Gasteiger partial charge on any atom is 0.145 e. The molecule has 0 radical (unpaired) electrons. The lowest BCUT2D eigenvalue weighted by Crippen LogP contribution is -1.96. The second-order valence-electron chi connectivity index (χ2n) is 6.62. The summed E-state index contributed by atoms with van der Waals surface area (Å²) in [4.78, 5) is 4.62. The van der Waals surface area contributed by atoms with E-state index in [1.54, 1.807) is 17.5 Å². The van der Waals surface area contributed by atoms with Gasteiger partial charge in [0.15, 0.2) is 0 Å². The van der Waals surface area contributed by atoms with Gasteiger partial charge in [0.25, 0.3) is 0 Å². The molecule has 26 heavy (non-hydrogen) atoms. The minimum Gasteiger partial charge on any atom is -0.292 e. The lowest BCUT2D eigenvalue weighted by atomic mass is 9.99. The quantitative estimate of drug-likeness (QED) is 0.330. The first-order valence-electron chi connectivity index (χ1n) is 11.5. The first kappa shape index (κ1) is 10.1. The van der Waals surface area contributed by atoms with Gasteiger partial charge in [0, 0.05) is 16.3 Å². The van der Waals surface area contributed by atoms with Gasteiger partial charge in [0.2, 0.25) is 0 Å². The van der Waals surface area contributed by atoms with Crippen LogP contribution in [0, 0.1) is 20.8 Å². The highest BCUT2D eigenvalue weighted by atomic mass is 15.0. The summed E-state index contributed by atoms with van der Waals surface area (Å²) in [6.45, 7) is 5.63. The largest absolute Gasteiger partial charge is 0.292 e. The van der Waals surface area contributed by atoms with Crippen LogP contribution < -0.4 is 0 Å². The molecule has 2 nitrogen and oxygen atoms in total. The molecular weight excluding hydrogens is 316 g/mol. The van der Waals surface area contributed by atoms with Crippen molar-refractivity contribution in [2.45, 2.75) is 20.8 Å². The molecule has 2 aromatic heterocycles. The van der Waals surface area contributed by atoms with Gasteiger partial charge in [-0.3, -0.25) is 4.40 Å². The lowest BCUT2D eigenvalue weighted by molar-refractivity contribution is 1.24. The standard InChI is InChI=1S/C24H20N2/c1-15-11-12-21-20(13-15)18-9-4-5-10-19(18)24-25-14-22(26(21)24)23-16(2)7-6-8-17(23)3/h4-14H,1-3H3/i4D,5D,9D,11D,12D,13D. The molecule has 0 N–H and O–H groups in total. The van der Waals surface area contributed by atoms with E-state index in [1.807, 2.05) is 32.0 Å². The Morgan fingerprint density at radius 1 is 0.885 bits per heavy atom. The van der Waals surface area contributed by atoms with E-state index in [-0.39, 0.29) is 36.3 Å². The number of pyridine rings is 1. The van der Waals surface area contributed by atoms with Crippen LogP contribution in [0.4, 0.5) is 0 Å². The second kappa shape index (κ2) is 5.43. The van der Waals surface area contributed by atoms with E-state index in [2.05, 4.69) is 4.98 Å². The first-order valence-corrected chi connectivity index (χ1v) is 8.51. The predicted octanol–water partition coefficient (Wildman–Crippen LogP) is 6.23. The van der Waals surface area contributed by atoms with E-state index in [0.717, 1.165) is 22.4 Å². The average Bonchev–Trinajstić information content (AvgIpc) is 3.18. The van der Waals surface area contributed by atoms with Crippen molar-refractivity contribution >= 4 is 27.3 Å². The minimum atomic E-state index is -0.233. The van der Waals surface area contributed by atoms with Gasteiger partial charge in [0.05, 0.1) is 25.6 Å². The molecule has 5 rings (SSSR count). The second-order valence-corrected chi connectivity index (χ2v) is 6.62. The van der Waals surface area contributed by atoms with Gasteiger partial charge in [-0.05, 0) is 49.4 Å². The summed E-state index contributed by atoms with van der Waals surface area (Å²) in [7, 11) is 0. The van der Waals surface area contributed by atoms with E-state index >= 15 is 0 Å². The van der Waals surface area contributed by atoms with Crippen LogP contribution in [0.25, 0.3) is 38.6 Å². The van der Waals surface area contributed by atoms with Crippen LogP contribution in [-0.4, -0.2) is 9.38 Å². The summed E-state index contributed by atoms with van der Waals surface area (Å²) < 4.78 is 52.7. The average molecular weight is 342 g/mol. The highest BCUT2D eigenvalue weighted by Gasteiger charge is 2.16. The van der Waals surface area contributed by atoms with Crippen LogP contribution in [0.1, 0.15) is 24.9 Å². The maximum atomic E-state index is 8.79. The van der Waals surface area contributed by atoms with Gasteiger partial charge in [-0.1, -0.05) is 54.0 Å². The van der Waals surface area contributed by atoms with E-state index < -0.39 is 0 Å². The highest BCUT2D eigenvalue weighted by Crippen LogP contribution is 2.35. The number of rotatable bonds is 1. The van der Waals surface area contributed by atoms with Crippen LogP contribution in [0.5, 0.6) is 0 Å². The van der Waals surface area contributed by atoms with Crippen molar-refractivity contribution in [3.05, 3.63) is 83.4 Å². The lowest BCUT2D eigenvalue weighted by Gasteiger charge is -2.14. The number of aryl methyl sites for hydroxylation is 2. The molecule has 0 amide bonds. The van der Waals surface area contributed by atoms with Crippen LogP contribution in [0.15, 0.2) is 66.7 Å². The molecule has 0 aliphatic carbocycles. The number of fused-ring (bicyclic) bond motifs is 6. The zero-order valence-electron chi connectivity index (χ0n) is 20.8. The van der Waals surface area contributed by atoms with Crippen LogP contribution in [-0.2, 0) is 0 Å². The van der Waals surface area contributed by atoms with Crippen molar-refractivity contribution in [3.63, 3.8) is 0 Å². The summed E-state index contributed by atoms with van der Waals surface area (Å²) in [5.74, 6) is 0. The van der Waals surface area contributed by atoms with Crippen molar-refractivity contribution in [1.82, 2.24) is 9.38 Å². The summed E-state index contributed by atoms with van der Waals surface area (Å²) >= 11 is 0. The summed E-state index contributed by atoms with van der Waals surface area (Å²) in [5, 5.41) is 1.16. The number of hydrogen-bond donors (Lipinski definition) is 0. The molecule has 0 aliphatic rings. The third-order valence-electron chi connectivity index (χ3n) is 4.88. The van der Waals surface area contributed by atoms with Crippen molar-refractivity contribution < 1.29 is 8.22 Å². The number of imidazole rings is 1. The number of hydrogen-bond acceptors (Lipinski definition) is 1. The Balaban J connectivity index is 2.19. The Morgan fingerprint density at radius 2 is 1.69 bits per heavy atom. The maximum absolute atomic E-state index is 8.79. The summed E-state index contributed by atoms with van der Waals surface area (Å²) in [5.41, 5.74) is 4.86. The molecule has 0 saturated carbocycles. The van der Waals surface area contributed by atoms with Gasteiger partial charge in [0.1, 0.15) is 5.65 Å². The Hall–Kier alpha value is -3.13. The van der Waals surface area contributed by atoms with Crippen LogP contribution >= 0.6 is 0 Å². The summed E-state index contributed by atoms with van der Waals surface area (Å²) in [6.07, 6.45) is 1.71. The van der Waals surface area contributed by atoms with Gasteiger partial charge >= 0.3 is 0 Å². The third kappa shape index (κ3) is 2.02. The first-order chi connectivity index (χ1) is 15.1. The van der Waals surface area contributed by atoms with E-state index in [0.29, 0.717) is 32.9 Å². The Kier molecular flexibility index (Phi) is 2.12.